The number of ether oxygens (including phenoxy) is 1. The maximum absolute atomic E-state index is 12.0. The molecule has 1 heterocycles. The van der Waals surface area contributed by atoms with Crippen LogP contribution in [-0.4, -0.2) is 80.6 Å². The van der Waals surface area contributed by atoms with E-state index in [1.54, 1.807) is 7.11 Å². The van der Waals surface area contributed by atoms with Crippen molar-refractivity contribution in [2.45, 2.75) is 45.1 Å². The van der Waals surface area contributed by atoms with Gasteiger partial charge in [0.25, 0.3) is 0 Å². The van der Waals surface area contributed by atoms with Crippen LogP contribution in [0.2, 0.25) is 0 Å². The Morgan fingerprint density at radius 3 is 2.45 bits per heavy atom. The van der Waals surface area contributed by atoms with E-state index < -0.39 is 0 Å². The number of hydrogen-bond donors (Lipinski definition) is 2. The molecule has 1 aromatic carbocycles. The molecule has 2 fully saturated rings. The third kappa shape index (κ3) is 8.48. The van der Waals surface area contributed by atoms with Crippen LogP contribution >= 0.6 is 24.0 Å². The molecule has 1 unspecified atom stereocenters. The highest BCUT2D eigenvalue weighted by molar-refractivity contribution is 14.0. The molecule has 2 aliphatic rings. The SMILES string of the molecule is CCNC(=NCCC(C)c1ccc(OC)cc1)N1CCN(CC(=O)NC2CC2)CC1.I. The molecule has 1 aliphatic carbocycles. The fourth-order valence-electron chi connectivity index (χ4n) is 3.71. The number of rotatable bonds is 9. The molecule has 8 heteroatoms. The van der Waals surface area contributed by atoms with Gasteiger partial charge in [-0.25, -0.2) is 0 Å². The minimum Gasteiger partial charge on any atom is -0.497 e. The van der Waals surface area contributed by atoms with Crippen molar-refractivity contribution in [2.24, 2.45) is 4.99 Å². The Morgan fingerprint density at radius 1 is 1.19 bits per heavy atom. The van der Waals surface area contributed by atoms with Gasteiger partial charge in [-0.2, -0.15) is 0 Å². The van der Waals surface area contributed by atoms with Gasteiger partial charge in [0.1, 0.15) is 5.75 Å². The summed E-state index contributed by atoms with van der Waals surface area (Å²) in [4.78, 5) is 21.5. The Morgan fingerprint density at radius 2 is 1.87 bits per heavy atom. The molecule has 0 aromatic heterocycles. The molecule has 0 bridgehead atoms. The van der Waals surface area contributed by atoms with E-state index in [0.717, 1.165) is 70.2 Å². The van der Waals surface area contributed by atoms with Crippen LogP contribution in [0.4, 0.5) is 0 Å². The molecule has 0 radical (unpaired) electrons. The van der Waals surface area contributed by atoms with Gasteiger partial charge in [0.05, 0.1) is 13.7 Å². The number of guanidine groups is 1. The maximum atomic E-state index is 12.0. The molecular weight excluding hydrogens is 505 g/mol. The Balaban J connectivity index is 0.00000341. The molecule has 2 N–H and O–H groups in total. The molecule has 3 rings (SSSR count). The number of amides is 1. The van der Waals surface area contributed by atoms with Crippen molar-refractivity contribution in [1.82, 2.24) is 20.4 Å². The summed E-state index contributed by atoms with van der Waals surface area (Å²) in [5.41, 5.74) is 1.31. The third-order valence-electron chi connectivity index (χ3n) is 5.82. The minimum atomic E-state index is 0. The second-order valence-corrected chi connectivity index (χ2v) is 8.30. The molecule has 1 saturated heterocycles. The lowest BCUT2D eigenvalue weighted by Gasteiger charge is -2.36. The average Bonchev–Trinajstić information content (AvgIpc) is 3.57. The van der Waals surface area contributed by atoms with Gasteiger partial charge in [0.2, 0.25) is 5.91 Å². The zero-order valence-corrected chi connectivity index (χ0v) is 21.4. The van der Waals surface area contributed by atoms with Gasteiger partial charge >= 0.3 is 0 Å². The highest BCUT2D eigenvalue weighted by atomic mass is 127. The van der Waals surface area contributed by atoms with Gasteiger partial charge in [-0.1, -0.05) is 19.1 Å². The van der Waals surface area contributed by atoms with Crippen molar-refractivity contribution < 1.29 is 9.53 Å². The van der Waals surface area contributed by atoms with Gasteiger partial charge in [-0.05, 0) is 49.8 Å². The van der Waals surface area contributed by atoms with E-state index in [9.17, 15) is 4.79 Å². The Kier molecular flexibility index (Phi) is 10.9. The van der Waals surface area contributed by atoms with E-state index in [-0.39, 0.29) is 29.9 Å². The average molecular weight is 543 g/mol. The van der Waals surface area contributed by atoms with Crippen LogP contribution < -0.4 is 15.4 Å². The topological polar surface area (TPSA) is 69.2 Å². The molecule has 31 heavy (non-hydrogen) atoms. The quantitative estimate of drug-likeness (QED) is 0.285. The standard InChI is InChI=1S/C23H37N5O2.HI/c1-4-24-23(25-12-11-18(2)19-5-9-21(30-3)10-6-19)28-15-13-27(14-16-28)17-22(29)26-20-7-8-20;/h5-6,9-10,18,20H,4,7-8,11-17H2,1-3H3,(H,24,25)(H,26,29);1H. The summed E-state index contributed by atoms with van der Waals surface area (Å²) < 4.78 is 5.24. The molecule has 174 valence electrons. The second-order valence-electron chi connectivity index (χ2n) is 8.30. The number of nitrogens with one attached hydrogen (secondary N) is 2. The summed E-state index contributed by atoms with van der Waals surface area (Å²) in [6.45, 7) is 10.1. The van der Waals surface area contributed by atoms with Gasteiger partial charge in [-0.3, -0.25) is 14.7 Å². The predicted molar refractivity (Wildman–Crippen MR) is 137 cm³/mol. The van der Waals surface area contributed by atoms with Crippen LogP contribution in [0, 0.1) is 0 Å². The first-order chi connectivity index (χ1) is 14.6. The number of methoxy groups -OCH3 is 1. The molecular formula is C23H38IN5O2. The zero-order chi connectivity index (χ0) is 21.3. The zero-order valence-electron chi connectivity index (χ0n) is 19.1. The lowest BCUT2D eigenvalue weighted by molar-refractivity contribution is -0.122. The number of piperazine rings is 1. The van der Waals surface area contributed by atoms with Crippen molar-refractivity contribution in [1.29, 1.82) is 0 Å². The first kappa shape index (κ1) is 25.7. The first-order valence-corrected chi connectivity index (χ1v) is 11.3. The van der Waals surface area contributed by atoms with E-state index in [0.29, 0.717) is 18.5 Å². The number of halogens is 1. The summed E-state index contributed by atoms with van der Waals surface area (Å²) in [6.07, 6.45) is 3.28. The summed E-state index contributed by atoms with van der Waals surface area (Å²) in [5, 5.41) is 6.51. The number of aliphatic imine (C=N–C) groups is 1. The predicted octanol–water partition coefficient (Wildman–Crippen LogP) is 2.67. The van der Waals surface area contributed by atoms with Gasteiger partial charge in [-0.15, -0.1) is 24.0 Å². The lowest BCUT2D eigenvalue weighted by atomic mass is 9.98. The first-order valence-electron chi connectivity index (χ1n) is 11.3. The van der Waals surface area contributed by atoms with E-state index in [2.05, 4.69) is 46.4 Å². The normalized spacial score (nSPS) is 18.2. The Labute approximate surface area is 204 Å². The van der Waals surface area contributed by atoms with Crippen molar-refractivity contribution in [3.8, 4) is 5.75 Å². The van der Waals surface area contributed by atoms with Gasteiger partial charge in [0, 0.05) is 45.3 Å². The van der Waals surface area contributed by atoms with Crippen LogP contribution in [0.15, 0.2) is 29.3 Å². The van der Waals surface area contributed by atoms with Crippen LogP contribution in [-0.2, 0) is 4.79 Å². The smallest absolute Gasteiger partial charge is 0.234 e. The fourth-order valence-corrected chi connectivity index (χ4v) is 3.71. The highest BCUT2D eigenvalue weighted by Gasteiger charge is 2.25. The summed E-state index contributed by atoms with van der Waals surface area (Å²) in [6, 6.07) is 8.74. The molecule has 0 spiro atoms. The number of nitrogens with zero attached hydrogens (tertiary/aromatic N) is 3. The minimum absolute atomic E-state index is 0. The molecule has 1 amide bonds. The third-order valence-corrected chi connectivity index (χ3v) is 5.82. The lowest BCUT2D eigenvalue weighted by Crippen LogP contribution is -2.54. The van der Waals surface area contributed by atoms with Gasteiger partial charge < -0.3 is 20.3 Å². The number of hydrogen-bond acceptors (Lipinski definition) is 4. The van der Waals surface area contributed by atoms with Crippen molar-refractivity contribution >= 4 is 35.8 Å². The summed E-state index contributed by atoms with van der Waals surface area (Å²) in [5.74, 6) is 2.49. The van der Waals surface area contributed by atoms with Gasteiger partial charge in [0.15, 0.2) is 5.96 Å². The van der Waals surface area contributed by atoms with Crippen LogP contribution in [0.25, 0.3) is 0 Å². The van der Waals surface area contributed by atoms with Crippen molar-refractivity contribution in [3.05, 3.63) is 29.8 Å². The van der Waals surface area contributed by atoms with Crippen molar-refractivity contribution in [3.63, 3.8) is 0 Å². The fraction of sp³-hybridized carbons (Fsp3) is 0.652. The molecule has 7 nitrogen and oxygen atoms in total. The summed E-state index contributed by atoms with van der Waals surface area (Å²) in [7, 11) is 1.69. The monoisotopic (exact) mass is 543 g/mol. The largest absolute Gasteiger partial charge is 0.497 e. The molecule has 1 atom stereocenters. The molecule has 1 aromatic rings. The van der Waals surface area contributed by atoms with Crippen LogP contribution in [0.1, 0.15) is 44.6 Å². The Hall–Kier alpha value is -1.55. The van der Waals surface area contributed by atoms with Crippen LogP contribution in [0.3, 0.4) is 0 Å². The van der Waals surface area contributed by atoms with E-state index >= 15 is 0 Å². The van der Waals surface area contributed by atoms with Crippen LogP contribution in [0.5, 0.6) is 5.75 Å². The molecule has 1 aliphatic heterocycles. The second kappa shape index (κ2) is 13.1. The van der Waals surface area contributed by atoms with E-state index in [4.69, 9.17) is 9.73 Å². The molecule has 1 saturated carbocycles. The summed E-state index contributed by atoms with van der Waals surface area (Å²) >= 11 is 0. The Bertz CT molecular complexity index is 700. The van der Waals surface area contributed by atoms with Crippen molar-refractivity contribution in [2.75, 3.05) is 52.9 Å². The number of benzene rings is 1. The maximum Gasteiger partial charge on any atom is 0.234 e. The van der Waals surface area contributed by atoms with E-state index in [1.807, 2.05) is 12.1 Å². The number of carbonyl (C=O) groups excluding carboxylic acids is 1. The number of carbonyl (C=O) groups is 1. The van der Waals surface area contributed by atoms with E-state index in [1.165, 1.54) is 5.56 Å². The highest BCUT2D eigenvalue weighted by Crippen LogP contribution is 2.22.